The fraction of sp³-hybridized carbons (Fsp3) is 0.533. The molecule has 1 aliphatic rings. The van der Waals surface area contributed by atoms with Crippen molar-refractivity contribution >= 4 is 6.09 Å². The number of hydrogen-bond acceptors (Lipinski definition) is 2. The second-order valence-electron chi connectivity index (χ2n) is 5.41. The Balaban J connectivity index is 1.96. The molecule has 1 aromatic rings. The average Bonchev–Trinajstić information content (AvgIpc) is 2.42. The van der Waals surface area contributed by atoms with Crippen LogP contribution in [0.1, 0.15) is 31.7 Å². The van der Waals surface area contributed by atoms with Crippen LogP contribution in [0.25, 0.3) is 0 Å². The van der Waals surface area contributed by atoms with Crippen molar-refractivity contribution in [2.24, 2.45) is 0 Å². The summed E-state index contributed by atoms with van der Waals surface area (Å²) in [5, 5.41) is 10.9. The first kappa shape index (κ1) is 15.7. The number of amides is 1. The largest absolute Gasteiger partial charge is 0.465 e. The van der Waals surface area contributed by atoms with Gasteiger partial charge < -0.3 is 15.2 Å². The molecular weight excluding hydrogens is 280 g/mol. The van der Waals surface area contributed by atoms with Crippen LogP contribution in [0.2, 0.25) is 0 Å². The third-order valence-corrected chi connectivity index (χ3v) is 3.70. The lowest BCUT2D eigenvalue weighted by Gasteiger charge is -2.35. The zero-order valence-electron chi connectivity index (χ0n) is 11.8. The SMILES string of the molecule is CC(F)(OC1CCC(NC(=O)O)CC1F)c1ccccc1. The van der Waals surface area contributed by atoms with Crippen molar-refractivity contribution in [2.75, 3.05) is 0 Å². The van der Waals surface area contributed by atoms with Gasteiger partial charge in [0.15, 0.2) is 0 Å². The van der Waals surface area contributed by atoms with Crippen molar-refractivity contribution < 1.29 is 23.4 Å². The fourth-order valence-electron chi connectivity index (χ4n) is 2.61. The minimum absolute atomic E-state index is 0.00182. The molecule has 1 aliphatic carbocycles. The van der Waals surface area contributed by atoms with E-state index < -0.39 is 30.3 Å². The number of hydrogen-bond donors (Lipinski definition) is 2. The Labute approximate surface area is 122 Å². The Bertz CT molecular complexity index is 481. The highest BCUT2D eigenvalue weighted by molar-refractivity contribution is 5.64. The van der Waals surface area contributed by atoms with E-state index in [9.17, 15) is 13.6 Å². The predicted molar refractivity (Wildman–Crippen MR) is 73.5 cm³/mol. The predicted octanol–water partition coefficient (Wildman–Crippen LogP) is 3.37. The normalized spacial score (nSPS) is 28.6. The molecule has 0 heterocycles. The van der Waals surface area contributed by atoms with Gasteiger partial charge in [0.2, 0.25) is 5.85 Å². The summed E-state index contributed by atoms with van der Waals surface area (Å²) in [6, 6.07) is 7.88. The van der Waals surface area contributed by atoms with Crippen LogP contribution in [0.5, 0.6) is 0 Å². The van der Waals surface area contributed by atoms with Crippen LogP contribution in [0, 0.1) is 0 Å². The molecule has 0 aliphatic heterocycles. The minimum atomic E-state index is -2.07. The maximum absolute atomic E-state index is 14.6. The molecule has 0 radical (unpaired) electrons. The molecule has 2 N–H and O–H groups in total. The number of rotatable bonds is 4. The van der Waals surface area contributed by atoms with E-state index in [2.05, 4.69) is 5.32 Å². The first-order chi connectivity index (χ1) is 9.88. The summed E-state index contributed by atoms with van der Waals surface area (Å²) in [6.45, 7) is 1.26. The topological polar surface area (TPSA) is 58.6 Å². The zero-order valence-corrected chi connectivity index (χ0v) is 11.8. The summed E-state index contributed by atoms with van der Waals surface area (Å²) in [7, 11) is 0. The van der Waals surface area contributed by atoms with E-state index in [1.54, 1.807) is 30.3 Å². The maximum Gasteiger partial charge on any atom is 0.404 e. The average molecular weight is 299 g/mol. The monoisotopic (exact) mass is 299 g/mol. The van der Waals surface area contributed by atoms with Gasteiger partial charge in [-0.2, -0.15) is 0 Å². The molecule has 0 saturated heterocycles. The van der Waals surface area contributed by atoms with Gasteiger partial charge in [-0.15, -0.1) is 0 Å². The molecule has 4 unspecified atom stereocenters. The lowest BCUT2D eigenvalue weighted by atomic mass is 9.91. The number of benzene rings is 1. The second-order valence-corrected chi connectivity index (χ2v) is 5.41. The molecule has 4 nitrogen and oxygen atoms in total. The highest BCUT2D eigenvalue weighted by Crippen LogP contribution is 2.34. The van der Waals surface area contributed by atoms with Crippen molar-refractivity contribution in [3.05, 3.63) is 35.9 Å². The number of nitrogens with one attached hydrogen (secondary N) is 1. The number of halogens is 2. The molecule has 0 aromatic heterocycles. The molecule has 116 valence electrons. The van der Waals surface area contributed by atoms with E-state index in [0.29, 0.717) is 12.0 Å². The van der Waals surface area contributed by atoms with Crippen LogP contribution >= 0.6 is 0 Å². The molecular formula is C15H19F2NO3. The van der Waals surface area contributed by atoms with E-state index >= 15 is 0 Å². The Hall–Kier alpha value is -1.69. The van der Waals surface area contributed by atoms with Crippen LogP contribution in [-0.4, -0.2) is 29.5 Å². The highest BCUT2D eigenvalue weighted by Gasteiger charge is 2.38. The Morgan fingerprint density at radius 1 is 1.38 bits per heavy atom. The van der Waals surface area contributed by atoms with E-state index in [-0.39, 0.29) is 12.8 Å². The molecule has 1 aromatic carbocycles. The Morgan fingerprint density at radius 2 is 2.05 bits per heavy atom. The molecule has 1 saturated carbocycles. The van der Waals surface area contributed by atoms with Crippen molar-refractivity contribution in [1.29, 1.82) is 0 Å². The number of carbonyl (C=O) groups is 1. The number of alkyl halides is 2. The van der Waals surface area contributed by atoms with Gasteiger partial charge in [-0.25, -0.2) is 13.6 Å². The third kappa shape index (κ3) is 4.14. The molecule has 1 fully saturated rings. The second kappa shape index (κ2) is 6.39. The standard InChI is InChI=1S/C15H19F2NO3/c1-15(17,10-5-3-2-4-6-10)21-13-8-7-11(9-12(13)16)18-14(19)20/h2-6,11-13,18H,7-9H2,1H3,(H,19,20). The first-order valence-corrected chi connectivity index (χ1v) is 6.94. The molecule has 6 heteroatoms. The fourth-order valence-corrected chi connectivity index (χ4v) is 2.61. The molecule has 21 heavy (non-hydrogen) atoms. The molecule has 0 bridgehead atoms. The number of ether oxygens (including phenoxy) is 1. The first-order valence-electron chi connectivity index (χ1n) is 6.94. The summed E-state index contributed by atoms with van der Waals surface area (Å²) >= 11 is 0. The quantitative estimate of drug-likeness (QED) is 0.896. The minimum Gasteiger partial charge on any atom is -0.465 e. The van der Waals surface area contributed by atoms with Gasteiger partial charge in [-0.1, -0.05) is 30.3 Å². The van der Waals surface area contributed by atoms with Gasteiger partial charge in [0.05, 0.1) is 6.10 Å². The van der Waals surface area contributed by atoms with E-state index in [1.807, 2.05) is 0 Å². The molecule has 4 atom stereocenters. The molecule has 0 spiro atoms. The summed E-state index contributed by atoms with van der Waals surface area (Å²) in [5.74, 6) is -2.07. The van der Waals surface area contributed by atoms with Gasteiger partial charge in [-0.05, 0) is 19.8 Å². The van der Waals surface area contributed by atoms with Crippen LogP contribution in [0.4, 0.5) is 13.6 Å². The molecule has 1 amide bonds. The third-order valence-electron chi connectivity index (χ3n) is 3.70. The van der Waals surface area contributed by atoms with Crippen LogP contribution < -0.4 is 5.32 Å². The Morgan fingerprint density at radius 3 is 2.62 bits per heavy atom. The molecule has 2 rings (SSSR count). The Kier molecular flexibility index (Phi) is 4.77. The summed E-state index contributed by atoms with van der Waals surface area (Å²) < 4.78 is 34.0. The van der Waals surface area contributed by atoms with Crippen LogP contribution in [0.15, 0.2) is 30.3 Å². The van der Waals surface area contributed by atoms with Gasteiger partial charge in [0, 0.05) is 18.0 Å². The smallest absolute Gasteiger partial charge is 0.404 e. The highest BCUT2D eigenvalue weighted by atomic mass is 19.2. The van der Waals surface area contributed by atoms with Gasteiger partial charge in [0.1, 0.15) is 6.17 Å². The maximum atomic E-state index is 14.6. The summed E-state index contributed by atoms with van der Waals surface area (Å²) in [5.41, 5.74) is 0.336. The lowest BCUT2D eigenvalue weighted by molar-refractivity contribution is -0.198. The van der Waals surface area contributed by atoms with Crippen molar-refractivity contribution in [3.63, 3.8) is 0 Å². The van der Waals surface area contributed by atoms with Crippen LogP contribution in [-0.2, 0) is 10.6 Å². The van der Waals surface area contributed by atoms with E-state index in [4.69, 9.17) is 9.84 Å². The van der Waals surface area contributed by atoms with Crippen LogP contribution in [0.3, 0.4) is 0 Å². The van der Waals surface area contributed by atoms with Gasteiger partial charge >= 0.3 is 6.09 Å². The van der Waals surface area contributed by atoms with E-state index in [0.717, 1.165) is 0 Å². The summed E-state index contributed by atoms with van der Waals surface area (Å²) in [4.78, 5) is 10.5. The van der Waals surface area contributed by atoms with Crippen molar-refractivity contribution in [3.8, 4) is 0 Å². The number of carboxylic acid groups (broad SMARTS) is 1. The van der Waals surface area contributed by atoms with Gasteiger partial charge in [-0.3, -0.25) is 0 Å². The lowest BCUT2D eigenvalue weighted by Crippen LogP contribution is -2.45. The van der Waals surface area contributed by atoms with Crippen molar-refractivity contribution in [1.82, 2.24) is 5.32 Å². The van der Waals surface area contributed by atoms with Gasteiger partial charge in [0.25, 0.3) is 0 Å². The summed E-state index contributed by atoms with van der Waals surface area (Å²) in [6.07, 6.45) is -2.73. The zero-order chi connectivity index (χ0) is 15.5. The van der Waals surface area contributed by atoms with Crippen molar-refractivity contribution in [2.45, 2.75) is 50.4 Å². The van der Waals surface area contributed by atoms with E-state index in [1.165, 1.54) is 6.92 Å².